The van der Waals surface area contributed by atoms with Crippen molar-refractivity contribution in [2.75, 3.05) is 26.7 Å². The lowest BCUT2D eigenvalue weighted by atomic mass is 10.3. The molecule has 0 aromatic rings. The summed E-state index contributed by atoms with van der Waals surface area (Å²) in [5, 5.41) is 11.6. The van der Waals surface area contributed by atoms with Crippen LogP contribution in [-0.4, -0.2) is 66.7 Å². The first-order valence-electron chi connectivity index (χ1n) is 6.86. The van der Waals surface area contributed by atoms with E-state index in [0.29, 0.717) is 12.5 Å². The number of carbonyl (C=O) groups excluding carboxylic acids is 1. The summed E-state index contributed by atoms with van der Waals surface area (Å²) in [5.74, 6) is -1.15. The Morgan fingerprint density at radius 3 is 2.38 bits per heavy atom. The lowest BCUT2D eigenvalue weighted by Crippen LogP contribution is -2.51. The molecule has 0 aliphatic heterocycles. The van der Waals surface area contributed by atoms with E-state index in [-0.39, 0.29) is 19.0 Å². The Hall–Kier alpha value is -1.19. The Labute approximate surface area is 125 Å². The van der Waals surface area contributed by atoms with Gasteiger partial charge in [-0.2, -0.15) is 17.0 Å². The minimum Gasteiger partial charge on any atom is -0.480 e. The van der Waals surface area contributed by atoms with Gasteiger partial charge < -0.3 is 10.4 Å². The van der Waals surface area contributed by atoms with E-state index < -0.39 is 22.2 Å². The molecule has 0 aromatic carbocycles. The Morgan fingerprint density at radius 2 is 1.95 bits per heavy atom. The molecule has 21 heavy (non-hydrogen) atoms. The Balaban J connectivity index is 2.81. The van der Waals surface area contributed by atoms with E-state index in [9.17, 15) is 18.0 Å². The smallest absolute Gasteiger partial charge is 0.321 e. The Kier molecular flexibility index (Phi) is 6.11. The van der Waals surface area contributed by atoms with Gasteiger partial charge in [-0.1, -0.05) is 0 Å². The SMILES string of the molecule is CC(=O)NCCN(C(C)C(=O)O)S(=O)(=O)N(C)CC1CC1. The highest BCUT2D eigenvalue weighted by molar-refractivity contribution is 7.86. The second-order valence-electron chi connectivity index (χ2n) is 5.34. The van der Waals surface area contributed by atoms with Crippen LogP contribution in [0.15, 0.2) is 0 Å². The predicted octanol–water partition coefficient (Wildman–Crippen LogP) is -0.516. The van der Waals surface area contributed by atoms with Crippen molar-refractivity contribution >= 4 is 22.1 Å². The van der Waals surface area contributed by atoms with Crippen molar-refractivity contribution in [2.45, 2.75) is 32.7 Å². The number of carboxylic acid groups (broad SMARTS) is 1. The molecule has 1 atom stereocenters. The lowest BCUT2D eigenvalue weighted by molar-refractivity contribution is -0.140. The van der Waals surface area contributed by atoms with Gasteiger partial charge in [0.05, 0.1) is 0 Å². The summed E-state index contributed by atoms with van der Waals surface area (Å²) in [6.07, 6.45) is 2.00. The average molecular weight is 321 g/mol. The molecule has 0 heterocycles. The van der Waals surface area contributed by atoms with Crippen LogP contribution < -0.4 is 5.32 Å². The monoisotopic (exact) mass is 321 g/mol. The zero-order valence-corrected chi connectivity index (χ0v) is 13.4. The highest BCUT2D eigenvalue weighted by atomic mass is 32.2. The quantitative estimate of drug-likeness (QED) is 0.594. The number of carbonyl (C=O) groups is 2. The number of rotatable bonds is 9. The molecule has 0 spiro atoms. The third-order valence-corrected chi connectivity index (χ3v) is 5.43. The maximum absolute atomic E-state index is 12.5. The molecule has 8 nitrogen and oxygen atoms in total. The number of hydrogen-bond donors (Lipinski definition) is 2. The van der Waals surface area contributed by atoms with Crippen LogP contribution in [0.5, 0.6) is 0 Å². The van der Waals surface area contributed by atoms with E-state index in [4.69, 9.17) is 5.11 Å². The van der Waals surface area contributed by atoms with Gasteiger partial charge in [0.25, 0.3) is 10.2 Å². The van der Waals surface area contributed by atoms with E-state index >= 15 is 0 Å². The molecular weight excluding hydrogens is 298 g/mol. The maximum Gasteiger partial charge on any atom is 0.321 e. The molecule has 122 valence electrons. The zero-order valence-electron chi connectivity index (χ0n) is 12.6. The molecule has 0 aromatic heterocycles. The molecule has 1 fully saturated rings. The fraction of sp³-hybridized carbons (Fsp3) is 0.833. The molecule has 9 heteroatoms. The van der Waals surface area contributed by atoms with Crippen LogP contribution in [0.3, 0.4) is 0 Å². The molecule has 1 amide bonds. The Morgan fingerprint density at radius 1 is 1.38 bits per heavy atom. The normalized spacial score (nSPS) is 17.0. The highest BCUT2D eigenvalue weighted by Crippen LogP contribution is 2.30. The predicted molar refractivity (Wildman–Crippen MR) is 76.8 cm³/mol. The van der Waals surface area contributed by atoms with Crippen molar-refractivity contribution < 1.29 is 23.1 Å². The largest absolute Gasteiger partial charge is 0.480 e. The summed E-state index contributed by atoms with van der Waals surface area (Å²) < 4.78 is 27.1. The highest BCUT2D eigenvalue weighted by Gasteiger charge is 2.36. The summed E-state index contributed by atoms with van der Waals surface area (Å²) >= 11 is 0. The fourth-order valence-corrected chi connectivity index (χ4v) is 3.48. The van der Waals surface area contributed by atoms with Gasteiger partial charge in [-0.3, -0.25) is 9.59 Å². The minimum absolute atomic E-state index is 0.0729. The van der Waals surface area contributed by atoms with Gasteiger partial charge in [0.2, 0.25) is 5.91 Å². The fourth-order valence-electron chi connectivity index (χ4n) is 1.91. The first-order chi connectivity index (χ1) is 9.66. The first kappa shape index (κ1) is 17.9. The van der Waals surface area contributed by atoms with Crippen molar-refractivity contribution in [3.63, 3.8) is 0 Å². The van der Waals surface area contributed by atoms with E-state index in [1.807, 2.05) is 0 Å². The third kappa shape index (κ3) is 5.25. The zero-order chi connectivity index (χ0) is 16.2. The molecule has 1 aliphatic rings. The second-order valence-corrected chi connectivity index (χ2v) is 7.33. The lowest BCUT2D eigenvalue weighted by Gasteiger charge is -2.30. The van der Waals surface area contributed by atoms with Gasteiger partial charge in [0.1, 0.15) is 6.04 Å². The molecule has 0 saturated heterocycles. The first-order valence-corrected chi connectivity index (χ1v) is 8.26. The van der Waals surface area contributed by atoms with E-state index in [1.54, 1.807) is 0 Å². The summed E-state index contributed by atoms with van der Waals surface area (Å²) in [5.41, 5.74) is 0. The van der Waals surface area contributed by atoms with Crippen molar-refractivity contribution in [1.82, 2.24) is 13.9 Å². The molecule has 1 unspecified atom stereocenters. The van der Waals surface area contributed by atoms with Crippen molar-refractivity contribution in [3.05, 3.63) is 0 Å². The van der Waals surface area contributed by atoms with E-state index in [1.165, 1.54) is 25.2 Å². The van der Waals surface area contributed by atoms with Gasteiger partial charge >= 0.3 is 5.97 Å². The molecule has 0 bridgehead atoms. The van der Waals surface area contributed by atoms with Crippen LogP contribution in [0.4, 0.5) is 0 Å². The van der Waals surface area contributed by atoms with Crippen LogP contribution >= 0.6 is 0 Å². The number of hydrogen-bond acceptors (Lipinski definition) is 4. The van der Waals surface area contributed by atoms with Gasteiger partial charge in [-0.05, 0) is 25.7 Å². The second kappa shape index (κ2) is 7.19. The van der Waals surface area contributed by atoms with Crippen LogP contribution in [0.2, 0.25) is 0 Å². The van der Waals surface area contributed by atoms with E-state index in [2.05, 4.69) is 5.32 Å². The van der Waals surface area contributed by atoms with Crippen LogP contribution in [0.25, 0.3) is 0 Å². The number of nitrogens with zero attached hydrogens (tertiary/aromatic N) is 2. The van der Waals surface area contributed by atoms with Crippen molar-refractivity contribution in [1.29, 1.82) is 0 Å². The van der Waals surface area contributed by atoms with E-state index in [0.717, 1.165) is 17.1 Å². The molecular formula is C12H23N3O5S. The Bertz CT molecular complexity index is 489. The minimum atomic E-state index is -3.86. The third-order valence-electron chi connectivity index (χ3n) is 3.40. The summed E-state index contributed by atoms with van der Waals surface area (Å²) in [6, 6.07) is -1.19. The van der Waals surface area contributed by atoms with Crippen molar-refractivity contribution in [3.8, 4) is 0 Å². The summed E-state index contributed by atoms with van der Waals surface area (Å²) in [4.78, 5) is 22.0. The molecule has 1 aliphatic carbocycles. The molecule has 1 rings (SSSR count). The number of aliphatic carboxylic acids is 1. The van der Waals surface area contributed by atoms with Crippen molar-refractivity contribution in [2.24, 2.45) is 5.92 Å². The topological polar surface area (TPSA) is 107 Å². The number of carboxylic acids is 1. The average Bonchev–Trinajstić information content (AvgIpc) is 3.16. The van der Waals surface area contributed by atoms with Crippen LogP contribution in [0.1, 0.15) is 26.7 Å². The molecule has 1 saturated carbocycles. The van der Waals surface area contributed by atoms with Gasteiger partial charge in [-0.25, -0.2) is 0 Å². The number of nitrogens with one attached hydrogen (secondary N) is 1. The van der Waals surface area contributed by atoms with Crippen LogP contribution in [0, 0.1) is 5.92 Å². The van der Waals surface area contributed by atoms with Gasteiger partial charge in [0.15, 0.2) is 0 Å². The maximum atomic E-state index is 12.5. The van der Waals surface area contributed by atoms with Crippen LogP contribution in [-0.2, 0) is 19.8 Å². The number of amides is 1. The summed E-state index contributed by atoms with van der Waals surface area (Å²) in [7, 11) is -2.41. The van der Waals surface area contributed by atoms with Gasteiger partial charge in [0, 0.05) is 33.6 Å². The molecule has 2 N–H and O–H groups in total. The summed E-state index contributed by atoms with van der Waals surface area (Å²) in [6.45, 7) is 3.02. The standard InChI is InChI=1S/C12H23N3O5S/c1-9(12(17)18)15(7-6-13-10(2)16)21(19,20)14(3)8-11-4-5-11/h9,11H,4-8H2,1-3H3,(H,13,16)(H,17,18). The van der Waals surface area contributed by atoms with Gasteiger partial charge in [-0.15, -0.1) is 0 Å². The molecule has 0 radical (unpaired) electrons.